The number of nitrogens with one attached hydrogen (secondary N) is 1. The predicted octanol–water partition coefficient (Wildman–Crippen LogP) is 1.90. The van der Waals surface area contributed by atoms with Gasteiger partial charge in [-0.05, 0) is 48.8 Å². The lowest BCUT2D eigenvalue weighted by Gasteiger charge is -2.13. The first-order valence-corrected chi connectivity index (χ1v) is 5.58. The maximum atomic E-state index is 4.20. The monoisotopic (exact) mass is 188 g/mol. The topological polar surface area (TPSA) is 24.9 Å². The van der Waals surface area contributed by atoms with Crippen molar-refractivity contribution in [2.45, 2.75) is 38.3 Å². The Labute approximate surface area is 84.7 Å². The number of aryl methyl sites for hydroxylation is 1. The van der Waals surface area contributed by atoms with Gasteiger partial charge in [0.15, 0.2) is 0 Å². The van der Waals surface area contributed by atoms with Crippen LogP contribution in [0.1, 0.15) is 30.4 Å². The molecule has 1 unspecified atom stereocenters. The van der Waals surface area contributed by atoms with Gasteiger partial charge in [-0.3, -0.25) is 4.98 Å². The molecule has 1 aliphatic carbocycles. The van der Waals surface area contributed by atoms with Crippen molar-refractivity contribution in [1.29, 1.82) is 0 Å². The molecule has 2 heterocycles. The predicted molar refractivity (Wildman–Crippen MR) is 55.9 cm³/mol. The standard InChI is InChI=1S/C12H16N2/c1-2-9(1)12-4-3-10-7-13-6-5-11(10)8-14-12/h5-7,9,12,14H,1-4,8H2. The van der Waals surface area contributed by atoms with Crippen molar-refractivity contribution in [3.63, 3.8) is 0 Å². The third-order valence-electron chi connectivity index (χ3n) is 3.48. The van der Waals surface area contributed by atoms with Crippen LogP contribution in [0.2, 0.25) is 0 Å². The SMILES string of the molecule is c1cc2c(cn1)CCC(C1CC1)NC2. The zero-order chi connectivity index (χ0) is 9.38. The van der Waals surface area contributed by atoms with E-state index < -0.39 is 0 Å². The maximum Gasteiger partial charge on any atom is 0.0303 e. The highest BCUT2D eigenvalue weighted by molar-refractivity contribution is 5.24. The number of hydrogen-bond acceptors (Lipinski definition) is 2. The Bertz CT molecular complexity index is 304. The zero-order valence-corrected chi connectivity index (χ0v) is 8.37. The van der Waals surface area contributed by atoms with E-state index in [4.69, 9.17) is 0 Å². The molecule has 0 bridgehead atoms. The lowest BCUT2D eigenvalue weighted by atomic mass is 10.0. The third-order valence-corrected chi connectivity index (χ3v) is 3.48. The molecule has 1 aliphatic heterocycles. The quantitative estimate of drug-likeness (QED) is 0.728. The van der Waals surface area contributed by atoms with E-state index in [0.29, 0.717) is 0 Å². The van der Waals surface area contributed by atoms with Crippen LogP contribution in [0, 0.1) is 5.92 Å². The molecule has 2 heteroatoms. The number of hydrogen-bond donors (Lipinski definition) is 1. The van der Waals surface area contributed by atoms with Crippen LogP contribution < -0.4 is 5.32 Å². The molecule has 0 aromatic carbocycles. The fourth-order valence-electron chi connectivity index (χ4n) is 2.41. The van der Waals surface area contributed by atoms with Crippen LogP contribution in [0.5, 0.6) is 0 Å². The van der Waals surface area contributed by atoms with Crippen molar-refractivity contribution < 1.29 is 0 Å². The average Bonchev–Trinajstić information content (AvgIpc) is 3.03. The molecule has 1 atom stereocenters. The fourth-order valence-corrected chi connectivity index (χ4v) is 2.41. The van der Waals surface area contributed by atoms with E-state index in [1.165, 1.54) is 36.8 Å². The Kier molecular flexibility index (Phi) is 2.02. The summed E-state index contributed by atoms with van der Waals surface area (Å²) < 4.78 is 0. The molecule has 2 nitrogen and oxygen atoms in total. The van der Waals surface area contributed by atoms with E-state index in [-0.39, 0.29) is 0 Å². The highest BCUT2D eigenvalue weighted by atomic mass is 14.9. The minimum atomic E-state index is 0.766. The van der Waals surface area contributed by atoms with Crippen molar-refractivity contribution in [3.05, 3.63) is 29.6 Å². The van der Waals surface area contributed by atoms with Crippen molar-refractivity contribution in [2.24, 2.45) is 5.92 Å². The summed E-state index contributed by atoms with van der Waals surface area (Å²) in [7, 11) is 0. The van der Waals surface area contributed by atoms with Gasteiger partial charge in [0, 0.05) is 25.0 Å². The molecule has 0 amide bonds. The normalized spacial score (nSPS) is 26.7. The Morgan fingerprint density at radius 2 is 2.14 bits per heavy atom. The highest BCUT2D eigenvalue weighted by Gasteiger charge is 2.31. The summed E-state index contributed by atoms with van der Waals surface area (Å²) in [5.74, 6) is 0.970. The minimum absolute atomic E-state index is 0.766. The van der Waals surface area contributed by atoms with Gasteiger partial charge < -0.3 is 5.32 Å². The van der Waals surface area contributed by atoms with Crippen LogP contribution >= 0.6 is 0 Å². The Morgan fingerprint density at radius 1 is 1.21 bits per heavy atom. The smallest absolute Gasteiger partial charge is 0.0303 e. The molecule has 0 saturated heterocycles. The first-order chi connectivity index (χ1) is 6.93. The van der Waals surface area contributed by atoms with E-state index in [9.17, 15) is 0 Å². The van der Waals surface area contributed by atoms with Gasteiger partial charge in [0.1, 0.15) is 0 Å². The third kappa shape index (κ3) is 1.55. The molecule has 1 N–H and O–H groups in total. The van der Waals surface area contributed by atoms with Gasteiger partial charge in [0.05, 0.1) is 0 Å². The summed E-state index contributed by atoms with van der Waals surface area (Å²) in [6, 6.07) is 2.92. The van der Waals surface area contributed by atoms with E-state index in [1.807, 2.05) is 12.4 Å². The maximum absolute atomic E-state index is 4.20. The minimum Gasteiger partial charge on any atom is -0.310 e. The lowest BCUT2D eigenvalue weighted by Crippen LogP contribution is -2.29. The molecule has 0 spiro atoms. The highest BCUT2D eigenvalue weighted by Crippen LogP contribution is 2.35. The summed E-state index contributed by atoms with van der Waals surface area (Å²) in [5, 5.41) is 3.67. The zero-order valence-electron chi connectivity index (χ0n) is 8.37. The summed E-state index contributed by atoms with van der Waals surface area (Å²) in [6.45, 7) is 1.04. The van der Waals surface area contributed by atoms with Crippen molar-refractivity contribution in [3.8, 4) is 0 Å². The van der Waals surface area contributed by atoms with E-state index >= 15 is 0 Å². The van der Waals surface area contributed by atoms with Crippen molar-refractivity contribution >= 4 is 0 Å². The van der Waals surface area contributed by atoms with Gasteiger partial charge in [0.25, 0.3) is 0 Å². The molecule has 2 aliphatic rings. The number of rotatable bonds is 1. The molecule has 1 fully saturated rings. The van der Waals surface area contributed by atoms with Gasteiger partial charge >= 0.3 is 0 Å². The number of fused-ring (bicyclic) bond motifs is 1. The number of aromatic nitrogens is 1. The summed E-state index contributed by atoms with van der Waals surface area (Å²) in [4.78, 5) is 4.20. The number of nitrogens with zero attached hydrogens (tertiary/aromatic N) is 1. The molecule has 3 rings (SSSR count). The summed E-state index contributed by atoms with van der Waals surface area (Å²) in [5.41, 5.74) is 2.89. The van der Waals surface area contributed by atoms with Gasteiger partial charge in [-0.2, -0.15) is 0 Å². The van der Waals surface area contributed by atoms with Crippen LogP contribution in [-0.4, -0.2) is 11.0 Å². The largest absolute Gasteiger partial charge is 0.310 e. The second-order valence-corrected chi connectivity index (χ2v) is 4.51. The van der Waals surface area contributed by atoms with Crippen molar-refractivity contribution in [1.82, 2.24) is 10.3 Å². The second kappa shape index (κ2) is 3.35. The van der Waals surface area contributed by atoms with E-state index in [1.54, 1.807) is 0 Å². The van der Waals surface area contributed by atoms with Crippen LogP contribution in [-0.2, 0) is 13.0 Å². The molecule has 0 radical (unpaired) electrons. The molecule has 1 saturated carbocycles. The molecular formula is C12H16N2. The fraction of sp³-hybridized carbons (Fsp3) is 0.583. The Hall–Kier alpha value is -0.890. The summed E-state index contributed by atoms with van der Waals surface area (Å²) >= 11 is 0. The summed E-state index contributed by atoms with van der Waals surface area (Å²) in [6.07, 6.45) is 9.31. The van der Waals surface area contributed by atoms with Crippen LogP contribution in [0.15, 0.2) is 18.5 Å². The van der Waals surface area contributed by atoms with Crippen LogP contribution in [0.3, 0.4) is 0 Å². The molecule has 1 aromatic rings. The van der Waals surface area contributed by atoms with Gasteiger partial charge in [-0.25, -0.2) is 0 Å². The molecule has 74 valence electrons. The van der Waals surface area contributed by atoms with Gasteiger partial charge in [-0.1, -0.05) is 0 Å². The Balaban J connectivity index is 1.79. The Morgan fingerprint density at radius 3 is 3.00 bits per heavy atom. The molecule has 1 aromatic heterocycles. The van der Waals surface area contributed by atoms with E-state index in [2.05, 4.69) is 16.4 Å². The van der Waals surface area contributed by atoms with Crippen molar-refractivity contribution in [2.75, 3.05) is 0 Å². The molecular weight excluding hydrogens is 172 g/mol. The van der Waals surface area contributed by atoms with Gasteiger partial charge in [0.2, 0.25) is 0 Å². The first kappa shape index (κ1) is 8.42. The van der Waals surface area contributed by atoms with E-state index in [0.717, 1.165) is 18.5 Å². The average molecular weight is 188 g/mol. The van der Waals surface area contributed by atoms with Gasteiger partial charge in [-0.15, -0.1) is 0 Å². The number of pyridine rings is 1. The first-order valence-electron chi connectivity index (χ1n) is 5.58. The van der Waals surface area contributed by atoms with Crippen LogP contribution in [0.25, 0.3) is 0 Å². The molecule has 14 heavy (non-hydrogen) atoms. The second-order valence-electron chi connectivity index (χ2n) is 4.51. The van der Waals surface area contributed by atoms with Crippen LogP contribution in [0.4, 0.5) is 0 Å². The lowest BCUT2D eigenvalue weighted by molar-refractivity contribution is 0.447.